The van der Waals surface area contributed by atoms with E-state index < -0.39 is 5.97 Å². The molecule has 0 fully saturated rings. The topological polar surface area (TPSA) is 62.7 Å². The molecule has 1 N–H and O–H groups in total. The van der Waals surface area contributed by atoms with E-state index in [1.165, 1.54) is 12.3 Å². The third-order valence-corrected chi connectivity index (χ3v) is 2.07. The predicted molar refractivity (Wildman–Crippen MR) is 56.3 cm³/mol. The van der Waals surface area contributed by atoms with Gasteiger partial charge in [0.05, 0.1) is 24.1 Å². The summed E-state index contributed by atoms with van der Waals surface area (Å²) >= 11 is 0. The Hall–Kier alpha value is -1.62. The van der Waals surface area contributed by atoms with E-state index in [-0.39, 0.29) is 5.56 Å². The van der Waals surface area contributed by atoms with Crippen molar-refractivity contribution < 1.29 is 14.6 Å². The third kappa shape index (κ3) is 2.92. The summed E-state index contributed by atoms with van der Waals surface area (Å²) in [5.41, 5.74) is 0.852. The molecule has 0 unspecified atom stereocenters. The average molecular weight is 210 g/mol. The van der Waals surface area contributed by atoms with Gasteiger partial charge in [0.2, 0.25) is 0 Å². The standard InChI is InChI=1S/C10H14N2O3/c1-12(5-6-15-2)9-7-11-4-3-8(9)10(13)14/h3-4,7H,5-6H2,1-2H3,(H,13,14). The van der Waals surface area contributed by atoms with Crippen molar-refractivity contribution in [3.63, 3.8) is 0 Å². The normalized spacial score (nSPS) is 10.0. The monoisotopic (exact) mass is 210 g/mol. The van der Waals surface area contributed by atoms with Gasteiger partial charge in [-0.1, -0.05) is 0 Å². The molecule has 0 spiro atoms. The highest BCUT2D eigenvalue weighted by Gasteiger charge is 2.12. The van der Waals surface area contributed by atoms with E-state index in [0.717, 1.165) is 0 Å². The number of methoxy groups -OCH3 is 1. The largest absolute Gasteiger partial charge is 0.478 e. The van der Waals surface area contributed by atoms with Gasteiger partial charge in [0.1, 0.15) is 0 Å². The summed E-state index contributed by atoms with van der Waals surface area (Å²) in [4.78, 5) is 16.6. The summed E-state index contributed by atoms with van der Waals surface area (Å²) in [5.74, 6) is -0.948. The highest BCUT2D eigenvalue weighted by Crippen LogP contribution is 2.17. The van der Waals surface area contributed by atoms with Gasteiger partial charge in [0.15, 0.2) is 0 Å². The van der Waals surface area contributed by atoms with Crippen LogP contribution in [0.2, 0.25) is 0 Å². The quantitative estimate of drug-likeness (QED) is 0.781. The predicted octanol–water partition coefficient (Wildman–Crippen LogP) is 0.862. The first-order chi connectivity index (χ1) is 7.16. The number of likely N-dealkylation sites (N-methyl/N-ethyl adjacent to an activating group) is 1. The lowest BCUT2D eigenvalue weighted by Gasteiger charge is -2.19. The fourth-order valence-corrected chi connectivity index (χ4v) is 1.22. The van der Waals surface area contributed by atoms with Crippen molar-refractivity contribution in [2.75, 3.05) is 32.2 Å². The van der Waals surface area contributed by atoms with Crippen molar-refractivity contribution in [3.8, 4) is 0 Å². The van der Waals surface area contributed by atoms with Crippen LogP contribution in [0.3, 0.4) is 0 Å². The molecule has 0 amide bonds. The van der Waals surface area contributed by atoms with E-state index in [1.54, 1.807) is 18.2 Å². The van der Waals surface area contributed by atoms with E-state index in [2.05, 4.69) is 4.98 Å². The minimum absolute atomic E-state index is 0.253. The number of hydrogen-bond acceptors (Lipinski definition) is 4. The van der Waals surface area contributed by atoms with Gasteiger partial charge in [-0.05, 0) is 6.07 Å². The Bertz CT molecular complexity index is 341. The second-order valence-electron chi connectivity index (χ2n) is 3.11. The molecule has 5 nitrogen and oxygen atoms in total. The molecule has 0 bridgehead atoms. The molecular formula is C10H14N2O3. The number of aromatic nitrogens is 1. The summed E-state index contributed by atoms with van der Waals surface area (Å²) in [6, 6.07) is 1.49. The number of ether oxygens (including phenoxy) is 1. The van der Waals surface area contributed by atoms with E-state index in [1.807, 2.05) is 7.05 Å². The van der Waals surface area contributed by atoms with Gasteiger partial charge in [0.25, 0.3) is 0 Å². The number of aromatic carboxylic acids is 1. The molecule has 1 rings (SSSR count). The lowest BCUT2D eigenvalue weighted by Crippen LogP contribution is -2.24. The molecule has 0 aliphatic heterocycles. The van der Waals surface area contributed by atoms with E-state index in [9.17, 15) is 4.79 Å². The van der Waals surface area contributed by atoms with Crippen LogP contribution >= 0.6 is 0 Å². The summed E-state index contributed by atoms with van der Waals surface area (Å²) in [6.45, 7) is 1.17. The Labute approximate surface area is 88.3 Å². The van der Waals surface area contributed by atoms with E-state index >= 15 is 0 Å². The van der Waals surface area contributed by atoms with Crippen LogP contribution in [-0.4, -0.2) is 43.4 Å². The van der Waals surface area contributed by atoms with Gasteiger partial charge in [0, 0.05) is 26.9 Å². The molecule has 15 heavy (non-hydrogen) atoms. The van der Waals surface area contributed by atoms with E-state index in [4.69, 9.17) is 9.84 Å². The van der Waals surface area contributed by atoms with Crippen molar-refractivity contribution in [1.82, 2.24) is 4.98 Å². The Morgan fingerprint density at radius 1 is 1.67 bits per heavy atom. The fourth-order valence-electron chi connectivity index (χ4n) is 1.22. The number of rotatable bonds is 5. The molecule has 1 aromatic rings. The van der Waals surface area contributed by atoms with Gasteiger partial charge in [-0.25, -0.2) is 4.79 Å². The number of anilines is 1. The van der Waals surface area contributed by atoms with Crippen LogP contribution < -0.4 is 4.90 Å². The maximum Gasteiger partial charge on any atom is 0.337 e. The highest BCUT2D eigenvalue weighted by molar-refractivity contribution is 5.94. The minimum Gasteiger partial charge on any atom is -0.478 e. The molecule has 0 aromatic carbocycles. The highest BCUT2D eigenvalue weighted by atomic mass is 16.5. The zero-order valence-electron chi connectivity index (χ0n) is 8.80. The first-order valence-corrected chi connectivity index (χ1v) is 4.54. The molecule has 1 aromatic heterocycles. The molecule has 0 aliphatic carbocycles. The summed E-state index contributed by atoms with van der Waals surface area (Å²) in [5, 5.41) is 8.95. The Kier molecular flexibility index (Phi) is 4.05. The third-order valence-electron chi connectivity index (χ3n) is 2.07. The van der Waals surface area contributed by atoms with Crippen molar-refractivity contribution in [3.05, 3.63) is 24.0 Å². The van der Waals surface area contributed by atoms with Crippen LogP contribution in [0.1, 0.15) is 10.4 Å². The second kappa shape index (κ2) is 5.31. The van der Waals surface area contributed by atoms with Crippen LogP contribution in [0.5, 0.6) is 0 Å². The molecule has 0 atom stereocenters. The molecule has 0 saturated heterocycles. The lowest BCUT2D eigenvalue weighted by atomic mass is 10.2. The maximum atomic E-state index is 10.9. The van der Waals surface area contributed by atoms with E-state index in [0.29, 0.717) is 18.8 Å². The maximum absolute atomic E-state index is 10.9. The molecule has 1 heterocycles. The number of nitrogens with zero attached hydrogens (tertiary/aromatic N) is 2. The Balaban J connectivity index is 2.87. The molecule has 0 radical (unpaired) electrons. The second-order valence-corrected chi connectivity index (χ2v) is 3.11. The van der Waals surface area contributed by atoms with Gasteiger partial charge in [-0.15, -0.1) is 0 Å². The smallest absolute Gasteiger partial charge is 0.337 e. The molecule has 82 valence electrons. The summed E-state index contributed by atoms with van der Waals surface area (Å²) in [6.07, 6.45) is 3.01. The summed E-state index contributed by atoms with van der Waals surface area (Å²) in [7, 11) is 3.41. The van der Waals surface area contributed by atoms with Crippen molar-refractivity contribution in [2.45, 2.75) is 0 Å². The number of carboxylic acids is 1. The molecular weight excluding hydrogens is 196 g/mol. The lowest BCUT2D eigenvalue weighted by molar-refractivity contribution is 0.0697. The minimum atomic E-state index is -0.948. The van der Waals surface area contributed by atoms with Crippen molar-refractivity contribution in [1.29, 1.82) is 0 Å². The van der Waals surface area contributed by atoms with Crippen molar-refractivity contribution >= 4 is 11.7 Å². The number of carbonyl (C=O) groups is 1. The average Bonchev–Trinajstić information content (AvgIpc) is 2.25. The number of hydrogen-bond donors (Lipinski definition) is 1. The van der Waals surface area contributed by atoms with Gasteiger partial charge in [-0.3, -0.25) is 4.98 Å². The van der Waals surface area contributed by atoms with Crippen LogP contribution in [0, 0.1) is 0 Å². The van der Waals surface area contributed by atoms with Crippen molar-refractivity contribution in [2.24, 2.45) is 0 Å². The van der Waals surface area contributed by atoms with Gasteiger partial charge >= 0.3 is 5.97 Å². The van der Waals surface area contributed by atoms with Gasteiger partial charge in [-0.2, -0.15) is 0 Å². The Morgan fingerprint density at radius 3 is 3.00 bits per heavy atom. The Morgan fingerprint density at radius 2 is 2.40 bits per heavy atom. The van der Waals surface area contributed by atoms with Gasteiger partial charge < -0.3 is 14.7 Å². The van der Waals surface area contributed by atoms with Crippen LogP contribution in [0.15, 0.2) is 18.5 Å². The zero-order chi connectivity index (χ0) is 11.3. The molecule has 5 heteroatoms. The zero-order valence-corrected chi connectivity index (χ0v) is 8.80. The number of pyridine rings is 1. The first-order valence-electron chi connectivity index (χ1n) is 4.54. The SMILES string of the molecule is COCCN(C)c1cnccc1C(=O)O. The number of carboxylic acid groups (broad SMARTS) is 1. The fraction of sp³-hybridized carbons (Fsp3) is 0.400. The van der Waals surface area contributed by atoms with Crippen LogP contribution in [0.25, 0.3) is 0 Å². The first kappa shape index (κ1) is 11.5. The summed E-state index contributed by atoms with van der Waals surface area (Å²) < 4.78 is 4.92. The molecule has 0 aliphatic rings. The molecule has 0 saturated carbocycles. The van der Waals surface area contributed by atoms with Crippen LogP contribution in [-0.2, 0) is 4.74 Å². The van der Waals surface area contributed by atoms with Crippen LogP contribution in [0.4, 0.5) is 5.69 Å².